The molecule has 1 heterocycles. The van der Waals surface area contributed by atoms with E-state index in [0.29, 0.717) is 12.8 Å². The van der Waals surface area contributed by atoms with Crippen molar-refractivity contribution < 1.29 is 24.1 Å². The summed E-state index contributed by atoms with van der Waals surface area (Å²) in [5.74, 6) is -1.82. The molecule has 0 saturated carbocycles. The SMILES string of the molecule is COC(CCC1SC1(C)C(=O)O)(OC)OC. The molecule has 0 bridgehead atoms. The van der Waals surface area contributed by atoms with Crippen LogP contribution in [0.4, 0.5) is 0 Å². The maximum absolute atomic E-state index is 10.9. The van der Waals surface area contributed by atoms with Crippen LogP contribution in [0, 0.1) is 0 Å². The van der Waals surface area contributed by atoms with Gasteiger partial charge in [0.25, 0.3) is 5.97 Å². The summed E-state index contributed by atoms with van der Waals surface area (Å²) in [6.07, 6.45) is 1.19. The summed E-state index contributed by atoms with van der Waals surface area (Å²) in [4.78, 5) is 10.9. The Morgan fingerprint density at radius 2 is 1.88 bits per heavy atom. The quantitative estimate of drug-likeness (QED) is 0.543. The highest BCUT2D eigenvalue weighted by Gasteiger charge is 2.58. The van der Waals surface area contributed by atoms with E-state index in [-0.39, 0.29) is 5.25 Å². The predicted molar refractivity (Wildman–Crippen MR) is 60.4 cm³/mol. The first-order chi connectivity index (χ1) is 7.44. The van der Waals surface area contributed by atoms with Gasteiger partial charge in [-0.25, -0.2) is 0 Å². The molecule has 1 N–H and O–H groups in total. The molecule has 2 atom stereocenters. The predicted octanol–water partition coefficient (Wildman–Crippen LogP) is 1.32. The van der Waals surface area contributed by atoms with E-state index in [4.69, 9.17) is 19.3 Å². The van der Waals surface area contributed by atoms with Gasteiger partial charge in [0.1, 0.15) is 4.75 Å². The molecule has 5 nitrogen and oxygen atoms in total. The van der Waals surface area contributed by atoms with Crippen LogP contribution in [-0.2, 0) is 19.0 Å². The lowest BCUT2D eigenvalue weighted by Gasteiger charge is -2.28. The molecule has 1 saturated heterocycles. The summed E-state index contributed by atoms with van der Waals surface area (Å²) in [7, 11) is 4.51. The van der Waals surface area contributed by atoms with Crippen molar-refractivity contribution in [1.29, 1.82) is 0 Å². The maximum Gasteiger partial charge on any atom is 0.320 e. The van der Waals surface area contributed by atoms with Gasteiger partial charge in [0.2, 0.25) is 0 Å². The molecule has 0 aromatic heterocycles. The van der Waals surface area contributed by atoms with Gasteiger partial charge in [0, 0.05) is 33.0 Å². The lowest BCUT2D eigenvalue weighted by Crippen LogP contribution is -2.36. The number of methoxy groups -OCH3 is 3. The van der Waals surface area contributed by atoms with Crippen LogP contribution < -0.4 is 0 Å². The highest BCUT2D eigenvalue weighted by molar-refractivity contribution is 8.09. The molecular formula is C10H18O5S. The highest BCUT2D eigenvalue weighted by Crippen LogP contribution is 2.56. The molecule has 0 radical (unpaired) electrons. The van der Waals surface area contributed by atoms with Crippen molar-refractivity contribution in [2.24, 2.45) is 0 Å². The first-order valence-electron chi connectivity index (χ1n) is 5.01. The van der Waals surface area contributed by atoms with Crippen LogP contribution in [0.25, 0.3) is 0 Å². The summed E-state index contributed by atoms with van der Waals surface area (Å²) < 4.78 is 14.8. The average Bonchev–Trinajstić information content (AvgIpc) is 2.94. The summed E-state index contributed by atoms with van der Waals surface area (Å²) in [6.45, 7) is 1.73. The van der Waals surface area contributed by atoms with Crippen LogP contribution in [0.2, 0.25) is 0 Å². The van der Waals surface area contributed by atoms with Gasteiger partial charge in [0.05, 0.1) is 0 Å². The minimum atomic E-state index is -1.05. The molecule has 1 aliphatic heterocycles. The van der Waals surface area contributed by atoms with E-state index in [1.54, 1.807) is 6.92 Å². The van der Waals surface area contributed by atoms with Crippen molar-refractivity contribution in [3.63, 3.8) is 0 Å². The first-order valence-corrected chi connectivity index (χ1v) is 5.88. The van der Waals surface area contributed by atoms with Gasteiger partial charge in [0.15, 0.2) is 0 Å². The van der Waals surface area contributed by atoms with E-state index in [0.717, 1.165) is 0 Å². The van der Waals surface area contributed by atoms with Crippen molar-refractivity contribution in [2.75, 3.05) is 21.3 Å². The van der Waals surface area contributed by atoms with Gasteiger partial charge in [-0.1, -0.05) is 0 Å². The van der Waals surface area contributed by atoms with Crippen molar-refractivity contribution in [3.8, 4) is 0 Å². The summed E-state index contributed by atoms with van der Waals surface area (Å²) >= 11 is 1.45. The van der Waals surface area contributed by atoms with E-state index >= 15 is 0 Å². The fraction of sp³-hybridized carbons (Fsp3) is 0.900. The fourth-order valence-corrected chi connectivity index (χ4v) is 2.73. The van der Waals surface area contributed by atoms with Crippen molar-refractivity contribution in [3.05, 3.63) is 0 Å². The Kier molecular flexibility index (Phi) is 4.23. The van der Waals surface area contributed by atoms with E-state index in [1.807, 2.05) is 0 Å². The van der Waals surface area contributed by atoms with Gasteiger partial charge in [-0.05, 0) is 13.3 Å². The second-order valence-corrected chi connectivity index (χ2v) is 5.51. The Hall–Kier alpha value is -0.300. The van der Waals surface area contributed by atoms with Crippen molar-refractivity contribution >= 4 is 17.7 Å². The van der Waals surface area contributed by atoms with Crippen LogP contribution in [0.5, 0.6) is 0 Å². The van der Waals surface area contributed by atoms with Crippen LogP contribution >= 0.6 is 11.8 Å². The van der Waals surface area contributed by atoms with Gasteiger partial charge in [-0.3, -0.25) is 4.79 Å². The summed E-state index contributed by atoms with van der Waals surface area (Å²) in [5, 5.41) is 9.07. The molecule has 2 unspecified atom stereocenters. The largest absolute Gasteiger partial charge is 0.480 e. The van der Waals surface area contributed by atoms with Gasteiger partial charge < -0.3 is 19.3 Å². The lowest BCUT2D eigenvalue weighted by molar-refractivity contribution is -0.355. The Morgan fingerprint density at radius 3 is 2.19 bits per heavy atom. The Bertz CT molecular complexity index is 258. The zero-order valence-corrected chi connectivity index (χ0v) is 10.8. The zero-order valence-electron chi connectivity index (χ0n) is 9.98. The zero-order chi connectivity index (χ0) is 12.4. The molecule has 16 heavy (non-hydrogen) atoms. The Balaban J connectivity index is 2.44. The van der Waals surface area contributed by atoms with Crippen LogP contribution in [0.15, 0.2) is 0 Å². The summed E-state index contributed by atoms with van der Waals surface area (Å²) in [5.41, 5.74) is 0. The number of rotatable bonds is 7. The van der Waals surface area contributed by atoms with Crippen LogP contribution in [0.3, 0.4) is 0 Å². The van der Waals surface area contributed by atoms with Gasteiger partial charge in [-0.15, -0.1) is 11.8 Å². The van der Waals surface area contributed by atoms with E-state index in [9.17, 15) is 4.79 Å². The number of carbonyl (C=O) groups is 1. The maximum atomic E-state index is 10.9. The number of carboxylic acid groups (broad SMARTS) is 1. The molecule has 6 heteroatoms. The monoisotopic (exact) mass is 250 g/mol. The molecule has 1 fully saturated rings. The molecule has 0 aromatic rings. The van der Waals surface area contributed by atoms with E-state index in [2.05, 4.69) is 0 Å². The number of hydrogen-bond donors (Lipinski definition) is 1. The fourth-order valence-electron chi connectivity index (χ4n) is 1.65. The topological polar surface area (TPSA) is 65.0 Å². The van der Waals surface area contributed by atoms with Crippen LogP contribution in [0.1, 0.15) is 19.8 Å². The number of carboxylic acids is 1. The van der Waals surface area contributed by atoms with Gasteiger partial charge >= 0.3 is 5.97 Å². The minimum absolute atomic E-state index is 0.102. The normalized spacial score (nSPS) is 29.1. The first kappa shape index (κ1) is 13.8. The molecule has 0 aliphatic carbocycles. The molecule has 1 rings (SSSR count). The van der Waals surface area contributed by atoms with Crippen molar-refractivity contribution in [2.45, 2.75) is 35.7 Å². The molecule has 94 valence electrons. The smallest absolute Gasteiger partial charge is 0.320 e. The third kappa shape index (κ3) is 2.51. The highest BCUT2D eigenvalue weighted by atomic mass is 32.2. The lowest BCUT2D eigenvalue weighted by atomic mass is 10.0. The van der Waals surface area contributed by atoms with E-state index in [1.165, 1.54) is 33.1 Å². The number of aliphatic carboxylic acids is 1. The van der Waals surface area contributed by atoms with Crippen molar-refractivity contribution in [1.82, 2.24) is 0 Å². The molecule has 1 aliphatic rings. The average molecular weight is 250 g/mol. The molecular weight excluding hydrogens is 232 g/mol. The van der Waals surface area contributed by atoms with Gasteiger partial charge in [-0.2, -0.15) is 0 Å². The minimum Gasteiger partial charge on any atom is -0.480 e. The number of thioether (sulfide) groups is 1. The summed E-state index contributed by atoms with van der Waals surface area (Å²) in [6, 6.07) is 0. The molecule has 0 spiro atoms. The standard InChI is InChI=1S/C10H18O5S/c1-9(8(11)12)7(16-9)5-6-10(13-2,14-3)15-4/h7H,5-6H2,1-4H3,(H,11,12). The molecule has 0 amide bonds. The number of hydrogen-bond acceptors (Lipinski definition) is 5. The third-order valence-corrected chi connectivity index (χ3v) is 4.70. The second-order valence-electron chi connectivity index (χ2n) is 3.85. The third-order valence-electron chi connectivity index (χ3n) is 3.01. The Labute approximate surface area is 99.4 Å². The number of ether oxygens (including phenoxy) is 3. The molecule has 0 aromatic carbocycles. The van der Waals surface area contributed by atoms with Crippen LogP contribution in [-0.4, -0.2) is 48.4 Å². The Morgan fingerprint density at radius 1 is 1.38 bits per heavy atom. The van der Waals surface area contributed by atoms with E-state index < -0.39 is 16.7 Å². The second kappa shape index (κ2) is 4.91.